The topological polar surface area (TPSA) is 66.0 Å². The first-order valence-corrected chi connectivity index (χ1v) is 10.2. The zero-order chi connectivity index (χ0) is 20.1. The number of fused-ring (bicyclic) bond motifs is 1. The Morgan fingerprint density at radius 2 is 1.62 bits per heavy atom. The van der Waals surface area contributed by atoms with Gasteiger partial charge >= 0.3 is 0 Å². The Balaban J connectivity index is 1.17. The highest BCUT2D eigenvalue weighted by Crippen LogP contribution is 2.32. The van der Waals surface area contributed by atoms with Gasteiger partial charge in [-0.15, -0.1) is 0 Å². The molecule has 1 atom stereocenters. The summed E-state index contributed by atoms with van der Waals surface area (Å²) in [7, 11) is 1.64. The van der Waals surface area contributed by atoms with Gasteiger partial charge in [-0.05, 0) is 42.5 Å². The van der Waals surface area contributed by atoms with Gasteiger partial charge in [0.1, 0.15) is 63.5 Å². The predicted molar refractivity (Wildman–Crippen MR) is 107 cm³/mol. The maximum atomic E-state index is 10.4. The van der Waals surface area contributed by atoms with Gasteiger partial charge in [-0.2, -0.15) is 0 Å². The second-order valence-electron chi connectivity index (χ2n) is 7.71. The minimum absolute atomic E-state index is 0.309. The molecule has 2 heterocycles. The number of nitrogens with one attached hydrogen (secondary N) is 2. The van der Waals surface area contributed by atoms with Gasteiger partial charge in [0.15, 0.2) is 11.5 Å². The molecular weight excluding hydrogens is 372 g/mol. The number of aliphatic hydroxyl groups excluding tert-OH is 1. The molecule has 0 unspecified atom stereocenters. The largest absolute Gasteiger partial charge is 0.497 e. The summed E-state index contributed by atoms with van der Waals surface area (Å²) in [5, 5.41) is 10.4. The molecule has 7 heteroatoms. The first-order valence-electron chi connectivity index (χ1n) is 10.2. The molecule has 2 aromatic carbocycles. The van der Waals surface area contributed by atoms with E-state index in [1.54, 1.807) is 12.0 Å². The molecule has 4 rings (SSSR count). The molecule has 1 saturated heterocycles. The van der Waals surface area contributed by atoms with Gasteiger partial charge in [-0.1, -0.05) is 0 Å². The summed E-state index contributed by atoms with van der Waals surface area (Å²) in [4.78, 5) is 3.00. The van der Waals surface area contributed by atoms with E-state index in [1.165, 1.54) is 10.5 Å². The maximum Gasteiger partial charge on any atom is 0.231 e. The molecule has 0 bridgehead atoms. The standard InChI is InChI=1S/C22H28N2O5/c1-26-19-3-5-20(6-4-19)27-15-18(25)14-24-10-8-23(9-11-24)13-17-2-7-21-22(12-17)29-16-28-21/h2-7,12,18,25H,8-11,13-16H2,1H3/p+2/t18-/m1/s1. The monoisotopic (exact) mass is 402 g/mol. The van der Waals surface area contributed by atoms with E-state index in [4.69, 9.17) is 18.9 Å². The lowest BCUT2D eigenvalue weighted by Gasteiger charge is -2.30. The third kappa shape index (κ3) is 5.32. The Bertz CT molecular complexity index is 790. The van der Waals surface area contributed by atoms with E-state index in [2.05, 4.69) is 12.1 Å². The average Bonchev–Trinajstić information content (AvgIpc) is 3.22. The molecule has 29 heavy (non-hydrogen) atoms. The van der Waals surface area contributed by atoms with Crippen LogP contribution in [0.15, 0.2) is 42.5 Å². The van der Waals surface area contributed by atoms with Crippen molar-refractivity contribution < 1.29 is 33.9 Å². The van der Waals surface area contributed by atoms with Crippen molar-refractivity contribution in [2.45, 2.75) is 12.6 Å². The van der Waals surface area contributed by atoms with Gasteiger partial charge in [0.2, 0.25) is 6.79 Å². The molecule has 0 aliphatic carbocycles. The smallest absolute Gasteiger partial charge is 0.231 e. The van der Waals surface area contributed by atoms with Crippen molar-refractivity contribution in [2.24, 2.45) is 0 Å². The fraction of sp³-hybridized carbons (Fsp3) is 0.455. The molecule has 1 fully saturated rings. The number of aliphatic hydroxyl groups is 1. The fourth-order valence-electron chi connectivity index (χ4n) is 3.93. The van der Waals surface area contributed by atoms with Crippen LogP contribution < -0.4 is 28.7 Å². The van der Waals surface area contributed by atoms with E-state index < -0.39 is 6.10 Å². The maximum absolute atomic E-state index is 10.4. The van der Waals surface area contributed by atoms with Crippen molar-refractivity contribution in [1.29, 1.82) is 0 Å². The summed E-state index contributed by atoms with van der Waals surface area (Å²) >= 11 is 0. The van der Waals surface area contributed by atoms with Crippen molar-refractivity contribution in [2.75, 3.05) is 53.2 Å². The number of hydrogen-bond donors (Lipinski definition) is 3. The highest BCUT2D eigenvalue weighted by Gasteiger charge is 2.26. The van der Waals surface area contributed by atoms with Gasteiger partial charge in [0.25, 0.3) is 0 Å². The second-order valence-corrected chi connectivity index (χ2v) is 7.71. The third-order valence-corrected chi connectivity index (χ3v) is 5.58. The molecule has 7 nitrogen and oxygen atoms in total. The van der Waals surface area contributed by atoms with Crippen LogP contribution in [0.25, 0.3) is 0 Å². The third-order valence-electron chi connectivity index (χ3n) is 5.58. The van der Waals surface area contributed by atoms with Crippen LogP contribution >= 0.6 is 0 Å². The number of benzene rings is 2. The molecule has 2 aliphatic rings. The van der Waals surface area contributed by atoms with E-state index in [0.29, 0.717) is 19.9 Å². The number of ether oxygens (including phenoxy) is 4. The Kier molecular flexibility index (Phi) is 6.39. The molecule has 3 N–H and O–H groups in total. The summed E-state index contributed by atoms with van der Waals surface area (Å²) in [6.07, 6.45) is -0.470. The van der Waals surface area contributed by atoms with Crippen LogP contribution in [0.1, 0.15) is 5.56 Å². The summed E-state index contributed by atoms with van der Waals surface area (Å²) in [6.45, 7) is 6.63. The van der Waals surface area contributed by atoms with Gasteiger partial charge in [0.05, 0.1) is 7.11 Å². The van der Waals surface area contributed by atoms with E-state index in [9.17, 15) is 5.11 Å². The van der Waals surface area contributed by atoms with Crippen molar-refractivity contribution >= 4 is 0 Å². The fourth-order valence-corrected chi connectivity index (χ4v) is 3.93. The van der Waals surface area contributed by atoms with Crippen molar-refractivity contribution in [3.05, 3.63) is 48.0 Å². The van der Waals surface area contributed by atoms with Crippen LogP contribution in [-0.2, 0) is 6.54 Å². The first kappa shape index (κ1) is 19.8. The molecule has 0 radical (unpaired) electrons. The zero-order valence-electron chi connectivity index (χ0n) is 16.9. The van der Waals surface area contributed by atoms with E-state index in [1.807, 2.05) is 30.3 Å². The van der Waals surface area contributed by atoms with Gasteiger partial charge in [0, 0.05) is 5.56 Å². The summed E-state index contributed by atoms with van der Waals surface area (Å²) in [5.74, 6) is 3.23. The number of quaternary nitrogens is 2. The quantitative estimate of drug-likeness (QED) is 0.537. The predicted octanol–water partition coefficient (Wildman–Crippen LogP) is -0.853. The first-order chi connectivity index (χ1) is 14.2. The zero-order valence-corrected chi connectivity index (χ0v) is 16.9. The molecule has 0 aromatic heterocycles. The summed E-state index contributed by atoms with van der Waals surface area (Å²) < 4.78 is 21.7. The molecule has 0 spiro atoms. The lowest BCUT2D eigenvalue weighted by atomic mass is 10.1. The molecule has 2 aromatic rings. The summed E-state index contributed by atoms with van der Waals surface area (Å²) in [6, 6.07) is 13.6. The minimum atomic E-state index is -0.470. The number of piperazine rings is 1. The van der Waals surface area contributed by atoms with E-state index in [0.717, 1.165) is 55.7 Å². The molecule has 2 aliphatic heterocycles. The Labute approximate surface area is 171 Å². The highest BCUT2D eigenvalue weighted by atomic mass is 16.7. The van der Waals surface area contributed by atoms with Crippen LogP contribution in [0.3, 0.4) is 0 Å². The van der Waals surface area contributed by atoms with Gasteiger partial charge < -0.3 is 33.9 Å². The van der Waals surface area contributed by atoms with Crippen molar-refractivity contribution in [3.63, 3.8) is 0 Å². The van der Waals surface area contributed by atoms with Crippen molar-refractivity contribution in [1.82, 2.24) is 0 Å². The van der Waals surface area contributed by atoms with Crippen LogP contribution in [0, 0.1) is 0 Å². The molecule has 0 amide bonds. The molecular formula is C22H30N2O5+2. The average molecular weight is 402 g/mol. The van der Waals surface area contributed by atoms with E-state index in [-0.39, 0.29) is 0 Å². The second kappa shape index (κ2) is 9.35. The van der Waals surface area contributed by atoms with Gasteiger partial charge in [-0.3, -0.25) is 0 Å². The normalized spacial score (nSPS) is 21.6. The molecule has 0 saturated carbocycles. The number of hydrogen-bond acceptors (Lipinski definition) is 5. The molecule has 156 valence electrons. The van der Waals surface area contributed by atoms with Crippen LogP contribution in [0.2, 0.25) is 0 Å². The van der Waals surface area contributed by atoms with Crippen LogP contribution in [0.4, 0.5) is 0 Å². The lowest BCUT2D eigenvalue weighted by Crippen LogP contribution is -3.28. The Hall–Kier alpha value is -2.48. The van der Waals surface area contributed by atoms with Crippen LogP contribution in [-0.4, -0.2) is 64.4 Å². The highest BCUT2D eigenvalue weighted by molar-refractivity contribution is 5.44. The number of rotatable bonds is 8. The van der Waals surface area contributed by atoms with Crippen LogP contribution in [0.5, 0.6) is 23.0 Å². The Morgan fingerprint density at radius 3 is 2.38 bits per heavy atom. The summed E-state index contributed by atoms with van der Waals surface area (Å²) in [5.41, 5.74) is 1.28. The number of methoxy groups -OCH3 is 1. The van der Waals surface area contributed by atoms with Gasteiger partial charge in [-0.25, -0.2) is 0 Å². The van der Waals surface area contributed by atoms with Crippen molar-refractivity contribution in [3.8, 4) is 23.0 Å². The SMILES string of the molecule is COc1ccc(OC[C@H](O)C[NH+]2CC[NH+](Cc3ccc4c(c3)OCO4)CC2)cc1. The lowest BCUT2D eigenvalue weighted by molar-refractivity contribution is -1.02. The Morgan fingerprint density at radius 1 is 0.931 bits per heavy atom. The van der Waals surface area contributed by atoms with E-state index >= 15 is 0 Å². The minimum Gasteiger partial charge on any atom is -0.497 e.